The Morgan fingerprint density at radius 3 is 2.44 bits per heavy atom. The minimum atomic E-state index is -1.36. The van der Waals surface area contributed by atoms with Gasteiger partial charge in [-0.2, -0.15) is 5.26 Å². The van der Waals surface area contributed by atoms with Crippen LogP contribution in [0.3, 0.4) is 0 Å². The molecule has 0 spiro atoms. The third-order valence-electron chi connectivity index (χ3n) is 8.34. The van der Waals surface area contributed by atoms with E-state index in [0.29, 0.717) is 11.3 Å². The summed E-state index contributed by atoms with van der Waals surface area (Å²) >= 11 is 0. The number of amides is 1. The van der Waals surface area contributed by atoms with Gasteiger partial charge in [-0.05, 0) is 66.2 Å². The highest BCUT2D eigenvalue weighted by Crippen LogP contribution is 2.31. The first-order valence-corrected chi connectivity index (χ1v) is 13.9. The number of nitriles is 1. The number of aromatic nitrogens is 1. The van der Waals surface area contributed by atoms with Gasteiger partial charge in [-0.15, -0.1) is 0 Å². The van der Waals surface area contributed by atoms with Crippen molar-refractivity contribution in [2.45, 2.75) is 31.3 Å². The Balaban J connectivity index is 1.36. The van der Waals surface area contributed by atoms with Crippen molar-refractivity contribution in [3.05, 3.63) is 59.8 Å². The van der Waals surface area contributed by atoms with Gasteiger partial charge in [0.15, 0.2) is 0 Å². The predicted octanol–water partition coefficient (Wildman–Crippen LogP) is 1.49. The Hall–Kier alpha value is -3.72. The Bertz CT molecular complexity index is 1500. The number of fused-ring (bicyclic) bond motifs is 1. The van der Waals surface area contributed by atoms with Crippen LogP contribution in [0.15, 0.2) is 54.1 Å². The second-order valence-corrected chi connectivity index (χ2v) is 10.9. The van der Waals surface area contributed by atoms with Crippen molar-refractivity contribution in [1.82, 2.24) is 14.8 Å². The van der Waals surface area contributed by atoms with Gasteiger partial charge in [0.05, 0.1) is 19.3 Å². The standard InChI is InChI=1S/C31H37N5O5/c1-19(24(16-32)31(40)33-25-18-41-28(17-37)30(39)29(25)38)26-8-9-27(35(26)3)22-5-4-21-15-23(7-6-20(21)14-22)36-12-10-34(2)11-13-36/h4-9,14-15,25,28-30,37-39H,10-13,17-18H2,1-3H3,(H,33,40)/b24-19+/t25-,28+,29+,30+/m0/s1. The number of carbonyl (C=O) groups is 1. The maximum Gasteiger partial charge on any atom is 0.262 e. The van der Waals surface area contributed by atoms with Gasteiger partial charge >= 0.3 is 0 Å². The van der Waals surface area contributed by atoms with Crippen molar-refractivity contribution >= 4 is 27.9 Å². The molecule has 4 N–H and O–H groups in total. The van der Waals surface area contributed by atoms with Crippen LogP contribution in [0.4, 0.5) is 5.69 Å². The second-order valence-electron chi connectivity index (χ2n) is 10.9. The quantitative estimate of drug-likeness (QED) is 0.264. The molecule has 5 rings (SSSR count). The van der Waals surface area contributed by atoms with E-state index in [1.807, 2.05) is 29.8 Å². The highest BCUT2D eigenvalue weighted by Gasteiger charge is 2.39. The van der Waals surface area contributed by atoms with Crippen LogP contribution >= 0.6 is 0 Å². The van der Waals surface area contributed by atoms with Crippen molar-refractivity contribution in [3.63, 3.8) is 0 Å². The lowest BCUT2D eigenvalue weighted by Gasteiger charge is -2.37. The Kier molecular flexibility index (Phi) is 8.45. The molecular weight excluding hydrogens is 522 g/mol. The molecule has 0 radical (unpaired) electrons. The van der Waals surface area contributed by atoms with Crippen LogP contribution in [0.1, 0.15) is 12.6 Å². The summed E-state index contributed by atoms with van der Waals surface area (Å²) in [6, 6.07) is 17.8. The summed E-state index contributed by atoms with van der Waals surface area (Å²) in [6.45, 7) is 5.31. The highest BCUT2D eigenvalue weighted by molar-refractivity contribution is 6.04. The summed E-state index contributed by atoms with van der Waals surface area (Å²) in [5, 5.41) is 44.5. The van der Waals surface area contributed by atoms with Gasteiger partial charge in [0.25, 0.3) is 5.91 Å². The zero-order chi connectivity index (χ0) is 29.3. The number of anilines is 1. The molecule has 0 bridgehead atoms. The van der Waals surface area contributed by atoms with Gasteiger partial charge in [-0.1, -0.05) is 18.2 Å². The number of piperazine rings is 1. The van der Waals surface area contributed by atoms with Crippen molar-refractivity contribution < 1.29 is 24.9 Å². The van der Waals surface area contributed by atoms with Crippen molar-refractivity contribution in [3.8, 4) is 17.3 Å². The molecule has 41 heavy (non-hydrogen) atoms. The molecule has 2 aliphatic heterocycles. The highest BCUT2D eigenvalue weighted by atomic mass is 16.5. The van der Waals surface area contributed by atoms with E-state index in [1.165, 1.54) is 11.1 Å². The van der Waals surface area contributed by atoms with E-state index in [-0.39, 0.29) is 12.2 Å². The number of allylic oxidation sites excluding steroid dienone is 1. The molecule has 2 fully saturated rings. The topological polar surface area (TPSA) is 134 Å². The number of nitrogens with zero attached hydrogens (tertiary/aromatic N) is 4. The monoisotopic (exact) mass is 559 g/mol. The zero-order valence-corrected chi connectivity index (χ0v) is 23.6. The number of aliphatic hydroxyl groups excluding tert-OH is 3. The first-order chi connectivity index (χ1) is 19.7. The molecule has 1 aromatic heterocycles. The number of rotatable bonds is 6. The fourth-order valence-corrected chi connectivity index (χ4v) is 5.68. The Labute approximate surface area is 239 Å². The molecule has 216 valence electrons. The van der Waals surface area contributed by atoms with E-state index < -0.39 is 36.9 Å². The number of nitrogens with one attached hydrogen (secondary N) is 1. The molecule has 3 heterocycles. The van der Waals surface area contributed by atoms with Crippen molar-refractivity contribution in [2.24, 2.45) is 7.05 Å². The van der Waals surface area contributed by atoms with Crippen LogP contribution in [-0.2, 0) is 16.6 Å². The van der Waals surface area contributed by atoms with Gasteiger partial charge < -0.3 is 39.7 Å². The molecule has 0 unspecified atom stereocenters. The third-order valence-corrected chi connectivity index (χ3v) is 8.34. The number of hydrogen-bond donors (Lipinski definition) is 4. The van der Waals surface area contributed by atoms with Gasteiger partial charge in [0, 0.05) is 50.3 Å². The molecule has 1 amide bonds. The maximum atomic E-state index is 13.0. The summed E-state index contributed by atoms with van der Waals surface area (Å²) in [5.74, 6) is -0.670. The molecular formula is C31H37N5O5. The Morgan fingerprint density at radius 2 is 1.73 bits per heavy atom. The Morgan fingerprint density at radius 1 is 1.02 bits per heavy atom. The molecule has 2 aromatic carbocycles. The lowest BCUT2D eigenvalue weighted by Crippen LogP contribution is -2.60. The predicted molar refractivity (Wildman–Crippen MR) is 157 cm³/mol. The van der Waals surface area contributed by atoms with Crippen LogP contribution in [-0.4, -0.2) is 101 Å². The largest absolute Gasteiger partial charge is 0.394 e. The van der Waals surface area contributed by atoms with Crippen molar-refractivity contribution in [2.75, 3.05) is 51.3 Å². The van der Waals surface area contributed by atoms with Gasteiger partial charge in [0.1, 0.15) is 30.0 Å². The lowest BCUT2D eigenvalue weighted by atomic mass is 9.97. The van der Waals surface area contributed by atoms with E-state index in [2.05, 4.69) is 58.6 Å². The SMILES string of the molecule is C/C(=C(/C#N)C(=O)N[C@H]1CO[C@H](CO)[C@@H](O)[C@@H]1O)c1ccc(-c2ccc3cc(N4CCN(C)CC4)ccc3c2)n1C. The lowest BCUT2D eigenvalue weighted by molar-refractivity contribution is -0.163. The average Bonchev–Trinajstić information content (AvgIpc) is 3.37. The number of ether oxygens (including phenoxy) is 1. The smallest absolute Gasteiger partial charge is 0.262 e. The summed E-state index contributed by atoms with van der Waals surface area (Å²) in [4.78, 5) is 17.8. The molecule has 10 nitrogen and oxygen atoms in total. The van der Waals surface area contributed by atoms with Crippen LogP contribution in [0.2, 0.25) is 0 Å². The molecule has 2 aliphatic rings. The van der Waals surface area contributed by atoms with Crippen LogP contribution in [0, 0.1) is 11.3 Å². The number of likely N-dealkylation sites (N-methyl/N-ethyl adjacent to an activating group) is 1. The van der Waals surface area contributed by atoms with Crippen LogP contribution < -0.4 is 10.2 Å². The molecule has 0 aliphatic carbocycles. The minimum absolute atomic E-state index is 0.0971. The van der Waals surface area contributed by atoms with E-state index in [9.17, 15) is 25.4 Å². The zero-order valence-electron chi connectivity index (χ0n) is 23.6. The summed E-state index contributed by atoms with van der Waals surface area (Å²) < 4.78 is 7.30. The first kappa shape index (κ1) is 28.8. The van der Waals surface area contributed by atoms with Crippen LogP contribution in [0.5, 0.6) is 0 Å². The normalized spacial score (nSPS) is 24.2. The number of aliphatic hydroxyl groups is 3. The van der Waals surface area contributed by atoms with Gasteiger partial charge in [-0.25, -0.2) is 0 Å². The first-order valence-electron chi connectivity index (χ1n) is 13.9. The molecule has 10 heteroatoms. The van der Waals surface area contributed by atoms with Gasteiger partial charge in [-0.3, -0.25) is 4.79 Å². The molecule has 2 saturated heterocycles. The fraction of sp³-hybridized carbons (Fsp3) is 0.419. The van der Waals surface area contributed by atoms with Crippen molar-refractivity contribution in [1.29, 1.82) is 5.26 Å². The summed E-state index contributed by atoms with van der Waals surface area (Å²) in [5.41, 5.74) is 4.28. The maximum absolute atomic E-state index is 13.0. The van der Waals surface area contributed by atoms with E-state index in [0.717, 1.165) is 42.8 Å². The summed E-state index contributed by atoms with van der Waals surface area (Å²) in [6.07, 6.45) is -3.62. The number of carbonyl (C=O) groups excluding carboxylic acids is 1. The van der Waals surface area contributed by atoms with E-state index in [4.69, 9.17) is 4.74 Å². The number of benzene rings is 2. The molecule has 4 atom stereocenters. The second kappa shape index (κ2) is 12.0. The molecule has 0 saturated carbocycles. The number of hydrogen-bond acceptors (Lipinski definition) is 8. The summed E-state index contributed by atoms with van der Waals surface area (Å²) in [7, 11) is 4.05. The third kappa shape index (κ3) is 5.73. The minimum Gasteiger partial charge on any atom is -0.394 e. The average molecular weight is 560 g/mol. The van der Waals surface area contributed by atoms with E-state index in [1.54, 1.807) is 6.92 Å². The molecule has 3 aromatic rings. The van der Waals surface area contributed by atoms with E-state index >= 15 is 0 Å². The van der Waals surface area contributed by atoms with Gasteiger partial charge in [0.2, 0.25) is 0 Å². The van der Waals surface area contributed by atoms with Crippen LogP contribution in [0.25, 0.3) is 27.6 Å². The fourth-order valence-electron chi connectivity index (χ4n) is 5.68.